The van der Waals surface area contributed by atoms with E-state index in [1.165, 1.54) is 0 Å². The third-order valence-corrected chi connectivity index (χ3v) is 5.04. The molecule has 1 atom stereocenters. The second-order valence-corrected chi connectivity index (χ2v) is 6.81. The summed E-state index contributed by atoms with van der Waals surface area (Å²) in [5.74, 6) is -1.01. The van der Waals surface area contributed by atoms with Crippen molar-refractivity contribution in [2.45, 2.75) is 18.9 Å². The maximum Gasteiger partial charge on any atom is 0.325 e. The fraction of sp³-hybridized carbons (Fsp3) is 0.238. The van der Waals surface area contributed by atoms with Gasteiger partial charge in [0.25, 0.3) is 5.91 Å². The Bertz CT molecular complexity index is 975. The molecule has 1 aliphatic rings. The molecule has 138 valence electrons. The van der Waals surface area contributed by atoms with E-state index in [-0.39, 0.29) is 5.91 Å². The summed E-state index contributed by atoms with van der Waals surface area (Å²) in [5.41, 5.74) is 2.82. The van der Waals surface area contributed by atoms with Gasteiger partial charge < -0.3 is 15.4 Å². The molecule has 0 radical (unpaired) electrons. The van der Waals surface area contributed by atoms with Crippen LogP contribution in [0.1, 0.15) is 34.8 Å². The average molecular weight is 363 g/mol. The molecule has 3 aromatic rings. The number of anilines is 1. The second kappa shape index (κ2) is 7.25. The fourth-order valence-electron chi connectivity index (χ4n) is 3.73. The van der Waals surface area contributed by atoms with Crippen LogP contribution in [-0.4, -0.2) is 40.0 Å². The van der Waals surface area contributed by atoms with Gasteiger partial charge in [-0.3, -0.25) is 14.5 Å². The molecule has 3 N–H and O–H groups in total. The van der Waals surface area contributed by atoms with E-state index in [4.69, 9.17) is 0 Å². The van der Waals surface area contributed by atoms with Gasteiger partial charge in [0.2, 0.25) is 0 Å². The van der Waals surface area contributed by atoms with Crippen molar-refractivity contribution >= 4 is 28.5 Å². The van der Waals surface area contributed by atoms with Crippen LogP contribution in [0.25, 0.3) is 10.9 Å². The van der Waals surface area contributed by atoms with Crippen LogP contribution in [0.4, 0.5) is 5.69 Å². The molecule has 4 rings (SSSR count). The maximum absolute atomic E-state index is 12.3. The van der Waals surface area contributed by atoms with Crippen molar-refractivity contribution in [2.75, 3.05) is 18.4 Å². The molecular formula is C21H21N3O3. The summed E-state index contributed by atoms with van der Waals surface area (Å²) in [5, 5.41) is 13.5. The first-order valence-electron chi connectivity index (χ1n) is 9.08. The summed E-state index contributed by atoms with van der Waals surface area (Å²) in [6.07, 6.45) is 3.83. The number of likely N-dealkylation sites (tertiary alicyclic amines) is 1. The molecule has 0 aliphatic carbocycles. The predicted molar refractivity (Wildman–Crippen MR) is 104 cm³/mol. The number of benzene rings is 2. The third-order valence-electron chi connectivity index (χ3n) is 5.04. The van der Waals surface area contributed by atoms with Crippen molar-refractivity contribution in [3.63, 3.8) is 0 Å². The number of H-pyrrole nitrogens is 1. The highest BCUT2D eigenvalue weighted by molar-refractivity contribution is 6.05. The van der Waals surface area contributed by atoms with Gasteiger partial charge in [0.1, 0.15) is 6.04 Å². The van der Waals surface area contributed by atoms with Crippen LogP contribution in [0.5, 0.6) is 0 Å². The number of hydrogen-bond acceptors (Lipinski definition) is 3. The number of aromatic nitrogens is 1. The van der Waals surface area contributed by atoms with E-state index >= 15 is 0 Å². The lowest BCUT2D eigenvalue weighted by Gasteiger charge is -2.23. The Labute approximate surface area is 156 Å². The number of nitrogens with zero attached hydrogens (tertiary/aromatic N) is 1. The van der Waals surface area contributed by atoms with E-state index in [2.05, 4.69) is 10.3 Å². The quantitative estimate of drug-likeness (QED) is 0.646. The van der Waals surface area contributed by atoms with Crippen molar-refractivity contribution < 1.29 is 14.7 Å². The minimum atomic E-state index is -0.834. The molecule has 27 heavy (non-hydrogen) atoms. The molecule has 2 aromatic carbocycles. The number of aromatic amines is 1. The highest BCUT2D eigenvalue weighted by Crippen LogP contribution is 2.32. The lowest BCUT2D eigenvalue weighted by molar-refractivity contribution is -0.143. The van der Waals surface area contributed by atoms with Crippen LogP contribution < -0.4 is 5.32 Å². The minimum Gasteiger partial charge on any atom is -0.480 e. The molecule has 0 spiro atoms. The number of carboxylic acids is 1. The average Bonchev–Trinajstić information content (AvgIpc) is 3.33. The van der Waals surface area contributed by atoms with Crippen molar-refractivity contribution in [3.05, 3.63) is 65.9 Å². The number of carboxylic acid groups (broad SMARTS) is 1. The summed E-state index contributed by atoms with van der Waals surface area (Å²) >= 11 is 0. The monoisotopic (exact) mass is 363 g/mol. The first-order chi connectivity index (χ1) is 13.1. The first kappa shape index (κ1) is 17.3. The Hall–Kier alpha value is -3.12. The molecule has 1 amide bonds. The zero-order valence-electron chi connectivity index (χ0n) is 14.8. The lowest BCUT2D eigenvalue weighted by Crippen LogP contribution is -2.31. The van der Waals surface area contributed by atoms with Gasteiger partial charge in [-0.2, -0.15) is 0 Å². The minimum absolute atomic E-state index is 0.179. The van der Waals surface area contributed by atoms with Crippen LogP contribution in [0.3, 0.4) is 0 Å². The van der Waals surface area contributed by atoms with E-state index in [0.29, 0.717) is 11.3 Å². The molecule has 0 unspecified atom stereocenters. The predicted octanol–water partition coefficient (Wildman–Crippen LogP) is 3.64. The molecule has 1 aromatic heterocycles. The largest absolute Gasteiger partial charge is 0.480 e. The SMILES string of the molecule is O=C(Nc1ccc2c([C@@H](C(=O)O)N3CCCC3)c[nH]c2c1)c1ccccc1. The number of nitrogens with one attached hydrogen (secondary N) is 2. The van der Waals surface area contributed by atoms with Crippen LogP contribution >= 0.6 is 0 Å². The summed E-state index contributed by atoms with van der Waals surface area (Å²) in [6, 6.07) is 13.9. The van der Waals surface area contributed by atoms with E-state index in [1.54, 1.807) is 18.3 Å². The summed E-state index contributed by atoms with van der Waals surface area (Å²) < 4.78 is 0. The number of amides is 1. The van der Waals surface area contributed by atoms with Crippen LogP contribution in [0, 0.1) is 0 Å². The molecule has 1 aliphatic heterocycles. The van der Waals surface area contributed by atoms with Crippen molar-refractivity contribution in [2.24, 2.45) is 0 Å². The molecule has 6 nitrogen and oxygen atoms in total. The van der Waals surface area contributed by atoms with Gasteiger partial charge in [-0.25, -0.2) is 0 Å². The van der Waals surface area contributed by atoms with Crippen LogP contribution in [-0.2, 0) is 4.79 Å². The summed E-state index contributed by atoms with van der Waals surface area (Å²) in [4.78, 5) is 29.4. The lowest BCUT2D eigenvalue weighted by atomic mass is 10.0. The number of aliphatic carboxylic acids is 1. The number of carbonyl (C=O) groups is 2. The number of hydrogen-bond donors (Lipinski definition) is 3. The van der Waals surface area contributed by atoms with Gasteiger partial charge >= 0.3 is 5.97 Å². The smallest absolute Gasteiger partial charge is 0.325 e. The maximum atomic E-state index is 12.3. The summed E-state index contributed by atoms with van der Waals surface area (Å²) in [7, 11) is 0. The Kier molecular flexibility index (Phi) is 4.64. The Morgan fingerprint density at radius 2 is 1.81 bits per heavy atom. The Morgan fingerprint density at radius 3 is 2.52 bits per heavy atom. The Balaban J connectivity index is 1.61. The van der Waals surface area contributed by atoms with Crippen molar-refractivity contribution in [3.8, 4) is 0 Å². The molecular weight excluding hydrogens is 342 g/mol. The molecule has 0 bridgehead atoms. The number of fused-ring (bicyclic) bond motifs is 1. The van der Waals surface area contributed by atoms with Gasteiger partial charge in [0, 0.05) is 33.9 Å². The normalized spacial score (nSPS) is 15.7. The van der Waals surface area contributed by atoms with Crippen molar-refractivity contribution in [1.82, 2.24) is 9.88 Å². The van der Waals surface area contributed by atoms with E-state index in [0.717, 1.165) is 42.4 Å². The van der Waals surface area contributed by atoms with E-state index in [9.17, 15) is 14.7 Å². The van der Waals surface area contributed by atoms with Gasteiger partial charge in [0.05, 0.1) is 0 Å². The molecule has 1 fully saturated rings. The van der Waals surface area contributed by atoms with Crippen LogP contribution in [0.15, 0.2) is 54.7 Å². The van der Waals surface area contributed by atoms with Crippen LogP contribution in [0.2, 0.25) is 0 Å². The highest BCUT2D eigenvalue weighted by Gasteiger charge is 2.31. The fourth-order valence-corrected chi connectivity index (χ4v) is 3.73. The van der Waals surface area contributed by atoms with E-state index in [1.807, 2.05) is 41.3 Å². The molecule has 2 heterocycles. The Morgan fingerprint density at radius 1 is 1.07 bits per heavy atom. The summed E-state index contributed by atoms with van der Waals surface area (Å²) in [6.45, 7) is 1.60. The third kappa shape index (κ3) is 3.44. The van der Waals surface area contributed by atoms with E-state index < -0.39 is 12.0 Å². The van der Waals surface area contributed by atoms with Crippen molar-refractivity contribution in [1.29, 1.82) is 0 Å². The molecule has 6 heteroatoms. The van der Waals surface area contributed by atoms with Gasteiger partial charge in [-0.05, 0) is 50.2 Å². The molecule has 1 saturated heterocycles. The second-order valence-electron chi connectivity index (χ2n) is 6.81. The number of rotatable bonds is 5. The molecule has 0 saturated carbocycles. The van der Waals surface area contributed by atoms with Gasteiger partial charge in [-0.1, -0.05) is 24.3 Å². The van der Waals surface area contributed by atoms with Gasteiger partial charge in [-0.15, -0.1) is 0 Å². The standard InChI is InChI=1S/C21H21N3O3/c25-20(14-6-2-1-3-7-14)23-15-8-9-16-17(13-22-18(16)12-15)19(21(26)27)24-10-4-5-11-24/h1-3,6-9,12-13,19,22H,4-5,10-11H2,(H,23,25)(H,26,27)/t19-/m0/s1. The zero-order chi connectivity index (χ0) is 18.8. The first-order valence-corrected chi connectivity index (χ1v) is 9.08. The topological polar surface area (TPSA) is 85.4 Å². The number of carbonyl (C=O) groups excluding carboxylic acids is 1. The van der Waals surface area contributed by atoms with Gasteiger partial charge in [0.15, 0.2) is 0 Å². The highest BCUT2D eigenvalue weighted by atomic mass is 16.4. The zero-order valence-corrected chi connectivity index (χ0v) is 14.8.